The van der Waals surface area contributed by atoms with Gasteiger partial charge in [-0.15, -0.1) is 0 Å². The highest BCUT2D eigenvalue weighted by Gasteiger charge is 2.20. The molecule has 6 nitrogen and oxygen atoms in total. The normalized spacial score (nSPS) is 15.6. The van der Waals surface area contributed by atoms with Crippen LogP contribution in [0.1, 0.15) is 25.7 Å². The summed E-state index contributed by atoms with van der Waals surface area (Å²) < 4.78 is 27.6. The van der Waals surface area contributed by atoms with Crippen LogP contribution in [0.25, 0.3) is 10.9 Å². The van der Waals surface area contributed by atoms with Crippen LogP contribution in [0.5, 0.6) is 0 Å². The minimum Gasteiger partial charge on any atom is -0.343 e. The first kappa shape index (κ1) is 16.9. The molecule has 0 radical (unpaired) electrons. The minimum atomic E-state index is -3.67. The second-order valence-electron chi connectivity index (χ2n) is 5.92. The van der Waals surface area contributed by atoms with E-state index in [9.17, 15) is 13.2 Å². The molecule has 1 fully saturated rings. The van der Waals surface area contributed by atoms with Crippen molar-refractivity contribution in [1.82, 2.24) is 14.6 Å². The van der Waals surface area contributed by atoms with E-state index in [1.165, 1.54) is 0 Å². The molecule has 1 amide bonds. The molecule has 1 aliphatic rings. The molecule has 0 unspecified atom stereocenters. The number of benzene rings is 1. The molecule has 24 heavy (non-hydrogen) atoms. The molecule has 1 aromatic carbocycles. The van der Waals surface area contributed by atoms with Crippen LogP contribution >= 0.6 is 0 Å². The number of fused-ring (bicyclic) bond motifs is 1. The molecular weight excluding hydrogens is 326 g/mol. The molecule has 1 N–H and O–H groups in total. The Bertz CT molecular complexity index is 825. The summed E-state index contributed by atoms with van der Waals surface area (Å²) in [5.74, 6) is 0.0111. The first-order valence-electron chi connectivity index (χ1n) is 8.19. The lowest BCUT2D eigenvalue weighted by Gasteiger charge is -2.26. The van der Waals surface area contributed by atoms with E-state index in [-0.39, 0.29) is 23.8 Å². The maximum Gasteiger partial charge on any atom is 0.241 e. The fourth-order valence-electron chi connectivity index (χ4n) is 2.98. The average Bonchev–Trinajstić information content (AvgIpc) is 2.61. The van der Waals surface area contributed by atoms with E-state index in [0.29, 0.717) is 10.9 Å². The molecule has 3 rings (SSSR count). The number of aromatic nitrogens is 1. The summed E-state index contributed by atoms with van der Waals surface area (Å²) >= 11 is 0. The van der Waals surface area contributed by atoms with Crippen molar-refractivity contribution in [1.29, 1.82) is 0 Å². The number of pyridine rings is 1. The fourth-order valence-corrected chi connectivity index (χ4v) is 4.23. The highest BCUT2D eigenvalue weighted by atomic mass is 32.2. The van der Waals surface area contributed by atoms with E-state index in [1.54, 1.807) is 36.5 Å². The Morgan fingerprint density at radius 1 is 1.12 bits per heavy atom. The van der Waals surface area contributed by atoms with Crippen LogP contribution in [0.4, 0.5) is 0 Å². The summed E-state index contributed by atoms with van der Waals surface area (Å²) in [5, 5.41) is 0.579. The van der Waals surface area contributed by atoms with Gasteiger partial charge in [-0.2, -0.15) is 0 Å². The number of carbonyl (C=O) groups is 1. The van der Waals surface area contributed by atoms with Gasteiger partial charge in [0.05, 0.1) is 10.4 Å². The Balaban J connectivity index is 1.66. The Morgan fingerprint density at radius 3 is 2.71 bits per heavy atom. The predicted molar refractivity (Wildman–Crippen MR) is 92.0 cm³/mol. The van der Waals surface area contributed by atoms with Gasteiger partial charge in [0.15, 0.2) is 0 Å². The molecule has 128 valence electrons. The number of piperidine rings is 1. The van der Waals surface area contributed by atoms with Crippen LogP contribution < -0.4 is 4.72 Å². The van der Waals surface area contributed by atoms with Crippen molar-refractivity contribution in [3.8, 4) is 0 Å². The molecule has 0 atom stereocenters. The molecule has 0 aliphatic carbocycles. The summed E-state index contributed by atoms with van der Waals surface area (Å²) in [5.41, 5.74) is 0.629. The SMILES string of the molecule is O=C(CCNS(=O)(=O)c1cccc2ncccc12)N1CCCCC1. The molecule has 7 heteroatoms. The third kappa shape index (κ3) is 3.73. The van der Waals surface area contributed by atoms with Crippen molar-refractivity contribution < 1.29 is 13.2 Å². The summed E-state index contributed by atoms with van der Waals surface area (Å²) in [4.78, 5) is 18.3. The molecule has 0 saturated carbocycles. The number of nitrogens with one attached hydrogen (secondary N) is 1. The minimum absolute atomic E-state index is 0.0111. The topological polar surface area (TPSA) is 79.4 Å². The summed E-state index contributed by atoms with van der Waals surface area (Å²) in [7, 11) is -3.67. The first-order chi connectivity index (χ1) is 11.6. The van der Waals surface area contributed by atoms with Gasteiger partial charge in [0.2, 0.25) is 15.9 Å². The van der Waals surface area contributed by atoms with Crippen molar-refractivity contribution >= 4 is 26.8 Å². The molecule has 0 bridgehead atoms. The third-order valence-corrected chi connectivity index (χ3v) is 5.75. The molecule has 1 aliphatic heterocycles. The largest absolute Gasteiger partial charge is 0.343 e. The van der Waals surface area contributed by atoms with E-state index in [4.69, 9.17) is 0 Å². The quantitative estimate of drug-likeness (QED) is 0.896. The van der Waals surface area contributed by atoms with E-state index in [0.717, 1.165) is 32.4 Å². The van der Waals surface area contributed by atoms with Gasteiger partial charge in [-0.3, -0.25) is 9.78 Å². The van der Waals surface area contributed by atoms with Crippen molar-refractivity contribution in [2.75, 3.05) is 19.6 Å². The fraction of sp³-hybridized carbons (Fsp3) is 0.412. The summed E-state index contributed by atoms with van der Waals surface area (Å²) in [6.45, 7) is 1.66. The van der Waals surface area contributed by atoms with Crippen LogP contribution in [-0.4, -0.2) is 43.8 Å². The lowest BCUT2D eigenvalue weighted by Crippen LogP contribution is -2.37. The van der Waals surface area contributed by atoms with Crippen LogP contribution in [0.2, 0.25) is 0 Å². The standard InChI is InChI=1S/C17H21N3O3S/c21-17(20-12-2-1-3-13-20)9-11-19-24(22,23)16-8-4-7-15-14(16)6-5-10-18-15/h4-8,10,19H,1-3,9,11-13H2. The predicted octanol–water partition coefficient (Wildman–Crippen LogP) is 1.92. The van der Waals surface area contributed by atoms with Crippen LogP contribution in [0.3, 0.4) is 0 Å². The maximum absolute atomic E-state index is 12.5. The highest BCUT2D eigenvalue weighted by Crippen LogP contribution is 2.21. The number of hydrogen-bond acceptors (Lipinski definition) is 4. The molecule has 0 spiro atoms. The zero-order valence-electron chi connectivity index (χ0n) is 13.4. The van der Waals surface area contributed by atoms with Gasteiger partial charge in [0.1, 0.15) is 0 Å². The smallest absolute Gasteiger partial charge is 0.241 e. The Kier molecular flexibility index (Phi) is 5.11. The van der Waals surface area contributed by atoms with Gasteiger partial charge in [0.25, 0.3) is 0 Å². The molecule has 1 saturated heterocycles. The van der Waals surface area contributed by atoms with Crippen molar-refractivity contribution in [2.45, 2.75) is 30.6 Å². The molecule has 2 aromatic rings. The molecule has 1 aromatic heterocycles. The molecule has 2 heterocycles. The third-order valence-electron chi connectivity index (χ3n) is 4.23. The number of likely N-dealkylation sites (tertiary alicyclic amines) is 1. The Labute approximate surface area is 141 Å². The van der Waals surface area contributed by atoms with Crippen molar-refractivity contribution in [3.05, 3.63) is 36.5 Å². The first-order valence-corrected chi connectivity index (χ1v) is 9.67. The monoisotopic (exact) mass is 347 g/mol. The lowest BCUT2D eigenvalue weighted by molar-refractivity contribution is -0.131. The van der Waals surface area contributed by atoms with E-state index in [2.05, 4.69) is 9.71 Å². The van der Waals surface area contributed by atoms with Crippen LogP contribution in [-0.2, 0) is 14.8 Å². The van der Waals surface area contributed by atoms with Crippen LogP contribution in [0.15, 0.2) is 41.4 Å². The van der Waals surface area contributed by atoms with Gasteiger partial charge in [-0.05, 0) is 43.5 Å². The lowest BCUT2D eigenvalue weighted by atomic mass is 10.1. The zero-order chi connectivity index (χ0) is 17.0. The second kappa shape index (κ2) is 7.27. The van der Waals surface area contributed by atoms with Gasteiger partial charge in [-0.25, -0.2) is 13.1 Å². The van der Waals surface area contributed by atoms with Crippen molar-refractivity contribution in [2.24, 2.45) is 0 Å². The van der Waals surface area contributed by atoms with E-state index >= 15 is 0 Å². The van der Waals surface area contributed by atoms with Crippen LogP contribution in [0, 0.1) is 0 Å². The van der Waals surface area contributed by atoms with E-state index < -0.39 is 10.0 Å². The number of amides is 1. The summed E-state index contributed by atoms with van der Waals surface area (Å²) in [6, 6.07) is 8.44. The highest BCUT2D eigenvalue weighted by molar-refractivity contribution is 7.89. The molecular formula is C17H21N3O3S. The number of sulfonamides is 1. The Morgan fingerprint density at radius 2 is 1.92 bits per heavy atom. The zero-order valence-corrected chi connectivity index (χ0v) is 14.3. The second-order valence-corrected chi connectivity index (χ2v) is 7.65. The van der Waals surface area contributed by atoms with Crippen molar-refractivity contribution in [3.63, 3.8) is 0 Å². The van der Waals surface area contributed by atoms with Gasteiger partial charge in [0, 0.05) is 37.6 Å². The number of carbonyl (C=O) groups excluding carboxylic acids is 1. The average molecular weight is 347 g/mol. The van der Waals surface area contributed by atoms with Gasteiger partial charge in [-0.1, -0.05) is 6.07 Å². The van der Waals surface area contributed by atoms with Gasteiger partial charge < -0.3 is 4.90 Å². The summed E-state index contributed by atoms with van der Waals surface area (Å²) in [6.07, 6.45) is 5.03. The maximum atomic E-state index is 12.5. The Hall–Kier alpha value is -1.99. The number of nitrogens with zero attached hydrogens (tertiary/aromatic N) is 2. The van der Waals surface area contributed by atoms with E-state index in [1.807, 2.05) is 4.90 Å². The number of hydrogen-bond donors (Lipinski definition) is 1. The van der Waals surface area contributed by atoms with Gasteiger partial charge >= 0.3 is 0 Å². The number of rotatable bonds is 5.